The third kappa shape index (κ3) is 2.21. The number of H-pyrrole nitrogens is 1. The van der Waals surface area contributed by atoms with Gasteiger partial charge in [0, 0.05) is 30.8 Å². The number of amides is 1. The van der Waals surface area contributed by atoms with Crippen LogP contribution >= 0.6 is 0 Å². The molecule has 0 aliphatic carbocycles. The van der Waals surface area contributed by atoms with Crippen molar-refractivity contribution in [3.8, 4) is 0 Å². The molecule has 0 fully saturated rings. The number of carbonyl (C=O) groups excluding carboxylic acids is 1. The first kappa shape index (κ1) is 14.0. The zero-order valence-electron chi connectivity index (χ0n) is 13.3. The number of aromatic nitrogens is 4. The molecule has 0 saturated carbocycles. The molecule has 23 heavy (non-hydrogen) atoms. The molecule has 0 spiro atoms. The minimum Gasteiger partial charge on any atom is -0.332 e. The predicted octanol–water partition coefficient (Wildman–Crippen LogP) is 2.38. The van der Waals surface area contributed by atoms with E-state index in [-0.39, 0.29) is 5.91 Å². The van der Waals surface area contributed by atoms with Gasteiger partial charge in [-0.15, -0.1) is 0 Å². The molecule has 0 atom stereocenters. The number of nitrogens with one attached hydrogen (secondary N) is 1. The summed E-state index contributed by atoms with van der Waals surface area (Å²) in [6.07, 6.45) is 2.53. The van der Waals surface area contributed by atoms with Crippen molar-refractivity contribution in [1.82, 2.24) is 24.7 Å². The van der Waals surface area contributed by atoms with Crippen LogP contribution in [0.3, 0.4) is 0 Å². The number of aromatic amines is 1. The molecule has 118 valence electrons. The monoisotopic (exact) mass is 309 g/mol. The largest absolute Gasteiger partial charge is 0.332 e. The molecule has 3 aromatic rings. The number of rotatable bonds is 2. The van der Waals surface area contributed by atoms with Gasteiger partial charge in [0.1, 0.15) is 5.69 Å². The Morgan fingerprint density at radius 3 is 3.00 bits per heavy atom. The predicted molar refractivity (Wildman–Crippen MR) is 86.3 cm³/mol. The molecule has 0 radical (unpaired) electrons. The highest BCUT2D eigenvalue weighted by molar-refractivity contribution is 5.93. The molecule has 3 aromatic heterocycles. The maximum Gasteiger partial charge on any atom is 0.272 e. The van der Waals surface area contributed by atoms with Gasteiger partial charge in [-0.3, -0.25) is 9.89 Å². The lowest BCUT2D eigenvalue weighted by Crippen LogP contribution is -2.37. The minimum absolute atomic E-state index is 0.0147. The molecular formula is C17H19N5O. The highest BCUT2D eigenvalue weighted by Crippen LogP contribution is 2.26. The number of pyridine rings is 1. The summed E-state index contributed by atoms with van der Waals surface area (Å²) in [4.78, 5) is 14.8. The van der Waals surface area contributed by atoms with Gasteiger partial charge in [0.15, 0.2) is 0 Å². The second kappa shape index (κ2) is 5.22. The Hall–Kier alpha value is -2.63. The summed E-state index contributed by atoms with van der Waals surface area (Å²) in [7, 11) is 0. The van der Waals surface area contributed by atoms with Crippen LogP contribution in [0.5, 0.6) is 0 Å². The lowest BCUT2D eigenvalue weighted by atomic mass is 9.99. The van der Waals surface area contributed by atoms with Crippen LogP contribution in [0.4, 0.5) is 0 Å². The molecule has 1 amide bonds. The fourth-order valence-electron chi connectivity index (χ4n) is 3.24. The second-order valence-corrected chi connectivity index (χ2v) is 6.28. The van der Waals surface area contributed by atoms with Crippen LogP contribution in [-0.4, -0.2) is 37.2 Å². The molecule has 0 aromatic carbocycles. The van der Waals surface area contributed by atoms with E-state index < -0.39 is 0 Å². The average Bonchev–Trinajstić information content (AvgIpc) is 3.19. The summed E-state index contributed by atoms with van der Waals surface area (Å²) in [6, 6.07) is 7.58. The fourth-order valence-corrected chi connectivity index (χ4v) is 3.24. The first-order valence-corrected chi connectivity index (χ1v) is 7.93. The van der Waals surface area contributed by atoms with Crippen LogP contribution in [-0.2, 0) is 13.0 Å². The van der Waals surface area contributed by atoms with E-state index in [9.17, 15) is 4.79 Å². The number of hydrogen-bond acceptors (Lipinski definition) is 3. The van der Waals surface area contributed by atoms with Crippen LogP contribution in [0.25, 0.3) is 5.52 Å². The Labute approximate surface area is 134 Å². The standard InChI is InChI=1S/C17H19N5O/c1-11(2)16-13-10-21(9-7-14(13)19-20-16)17(23)15-5-3-4-12-6-8-18-22(12)15/h3-6,8,11H,7,9-10H2,1-2H3,(H,19,20). The Bertz CT molecular complexity index is 876. The lowest BCUT2D eigenvalue weighted by molar-refractivity contribution is 0.0725. The molecule has 4 rings (SSSR count). The van der Waals surface area contributed by atoms with Crippen LogP contribution in [0.15, 0.2) is 30.5 Å². The zero-order chi connectivity index (χ0) is 16.0. The highest BCUT2D eigenvalue weighted by atomic mass is 16.2. The van der Waals surface area contributed by atoms with E-state index in [1.54, 1.807) is 10.7 Å². The summed E-state index contributed by atoms with van der Waals surface area (Å²) in [5.74, 6) is 0.362. The third-order valence-electron chi connectivity index (χ3n) is 4.44. The van der Waals surface area contributed by atoms with Gasteiger partial charge in [-0.25, -0.2) is 4.52 Å². The summed E-state index contributed by atoms with van der Waals surface area (Å²) >= 11 is 0. The van der Waals surface area contributed by atoms with Crippen molar-refractivity contribution in [2.75, 3.05) is 6.54 Å². The van der Waals surface area contributed by atoms with E-state index in [0.29, 0.717) is 24.7 Å². The van der Waals surface area contributed by atoms with Crippen molar-refractivity contribution in [2.24, 2.45) is 0 Å². The second-order valence-electron chi connectivity index (χ2n) is 6.28. The molecule has 1 aliphatic heterocycles. The Morgan fingerprint density at radius 2 is 2.17 bits per heavy atom. The van der Waals surface area contributed by atoms with Crippen LogP contribution in [0.2, 0.25) is 0 Å². The summed E-state index contributed by atoms with van der Waals surface area (Å²) in [5.41, 5.74) is 4.93. The third-order valence-corrected chi connectivity index (χ3v) is 4.44. The van der Waals surface area contributed by atoms with Gasteiger partial charge in [0.25, 0.3) is 5.91 Å². The van der Waals surface area contributed by atoms with Crippen molar-refractivity contribution in [3.63, 3.8) is 0 Å². The van der Waals surface area contributed by atoms with Crippen molar-refractivity contribution in [1.29, 1.82) is 0 Å². The number of carbonyl (C=O) groups is 1. The van der Waals surface area contributed by atoms with E-state index in [1.165, 1.54) is 5.56 Å². The molecule has 0 bridgehead atoms. The van der Waals surface area contributed by atoms with Gasteiger partial charge in [0.2, 0.25) is 0 Å². The van der Waals surface area contributed by atoms with Crippen LogP contribution in [0.1, 0.15) is 47.2 Å². The molecule has 6 heteroatoms. The van der Waals surface area contributed by atoms with E-state index in [1.807, 2.05) is 29.2 Å². The van der Waals surface area contributed by atoms with Crippen molar-refractivity contribution in [3.05, 3.63) is 53.1 Å². The van der Waals surface area contributed by atoms with Gasteiger partial charge in [-0.2, -0.15) is 10.2 Å². The molecule has 1 N–H and O–H groups in total. The molecular weight excluding hydrogens is 290 g/mol. The number of nitrogens with zero attached hydrogens (tertiary/aromatic N) is 4. The Balaban J connectivity index is 1.68. The highest BCUT2D eigenvalue weighted by Gasteiger charge is 2.27. The zero-order valence-corrected chi connectivity index (χ0v) is 13.3. The topological polar surface area (TPSA) is 66.3 Å². The normalized spacial score (nSPS) is 14.5. The Kier molecular flexibility index (Phi) is 3.18. The van der Waals surface area contributed by atoms with E-state index in [2.05, 4.69) is 29.1 Å². The van der Waals surface area contributed by atoms with Gasteiger partial charge < -0.3 is 4.90 Å². The maximum absolute atomic E-state index is 13.0. The minimum atomic E-state index is 0.0147. The van der Waals surface area contributed by atoms with E-state index in [4.69, 9.17) is 0 Å². The van der Waals surface area contributed by atoms with Crippen molar-refractivity contribution >= 4 is 11.4 Å². The summed E-state index contributed by atoms with van der Waals surface area (Å²) in [6.45, 7) is 5.56. The Morgan fingerprint density at radius 1 is 1.30 bits per heavy atom. The van der Waals surface area contributed by atoms with Gasteiger partial charge >= 0.3 is 0 Å². The van der Waals surface area contributed by atoms with E-state index >= 15 is 0 Å². The number of fused-ring (bicyclic) bond motifs is 2. The van der Waals surface area contributed by atoms with Gasteiger partial charge in [-0.1, -0.05) is 19.9 Å². The maximum atomic E-state index is 13.0. The lowest BCUT2D eigenvalue weighted by Gasteiger charge is -2.27. The smallest absolute Gasteiger partial charge is 0.272 e. The molecule has 1 aliphatic rings. The van der Waals surface area contributed by atoms with Crippen LogP contribution < -0.4 is 0 Å². The van der Waals surface area contributed by atoms with E-state index in [0.717, 1.165) is 23.3 Å². The van der Waals surface area contributed by atoms with Gasteiger partial charge in [0.05, 0.1) is 17.4 Å². The molecule has 6 nitrogen and oxygen atoms in total. The molecule has 0 saturated heterocycles. The first-order valence-electron chi connectivity index (χ1n) is 7.93. The van der Waals surface area contributed by atoms with Crippen molar-refractivity contribution in [2.45, 2.75) is 32.7 Å². The SMILES string of the molecule is CC(C)c1n[nH]c2c1CN(C(=O)c1cccc3ccnn13)CC2. The summed E-state index contributed by atoms with van der Waals surface area (Å²) in [5, 5.41) is 11.8. The molecule has 0 unspecified atom stereocenters. The van der Waals surface area contributed by atoms with Gasteiger partial charge in [-0.05, 0) is 24.1 Å². The van der Waals surface area contributed by atoms with Crippen LogP contribution in [0, 0.1) is 0 Å². The van der Waals surface area contributed by atoms with Crippen molar-refractivity contribution < 1.29 is 4.79 Å². The first-order chi connectivity index (χ1) is 11.1. The quantitative estimate of drug-likeness (QED) is 0.790. The fraction of sp³-hybridized carbons (Fsp3) is 0.353. The number of hydrogen-bond donors (Lipinski definition) is 1. The average molecular weight is 309 g/mol. The summed E-state index contributed by atoms with van der Waals surface area (Å²) < 4.78 is 1.70. The molecule has 4 heterocycles.